The normalized spacial score (nSPS) is 10.6. The summed E-state index contributed by atoms with van der Waals surface area (Å²) in [5.74, 6) is 0.688. The van der Waals surface area contributed by atoms with Crippen LogP contribution < -0.4 is 4.74 Å². The first kappa shape index (κ1) is 11.0. The van der Waals surface area contributed by atoms with E-state index in [-0.39, 0.29) is 0 Å². The third-order valence-electron chi connectivity index (χ3n) is 1.69. The van der Waals surface area contributed by atoms with Gasteiger partial charge in [-0.1, -0.05) is 0 Å². The molecule has 0 aliphatic rings. The molecule has 0 atom stereocenters. The molecular weight excluding hydrogens is 176 g/mol. The van der Waals surface area contributed by atoms with E-state index in [2.05, 4.69) is 16.8 Å². The average Bonchev–Trinajstić information content (AvgIpc) is 2.14. The molecule has 1 rings (SSSR count). The van der Waals surface area contributed by atoms with E-state index in [1.165, 1.54) is 5.56 Å². The monoisotopic (exact) mass is 193 g/mol. The fourth-order valence-electron chi connectivity index (χ4n) is 1.17. The predicted octanol–water partition coefficient (Wildman–Crippen LogP) is 1.75. The molecule has 3 heteroatoms. The molecule has 0 aliphatic heterocycles. The predicted molar refractivity (Wildman–Crippen MR) is 57.1 cm³/mol. The van der Waals surface area contributed by atoms with Gasteiger partial charge in [-0.25, -0.2) is 4.98 Å². The molecule has 0 N–H and O–H groups in total. The zero-order valence-electron chi connectivity index (χ0n) is 8.86. The summed E-state index contributed by atoms with van der Waals surface area (Å²) in [7, 11) is 4.08. The van der Waals surface area contributed by atoms with Gasteiger partial charge in [0.15, 0.2) is 0 Å². The number of ether oxygens (including phenoxy) is 1. The molecule has 0 aromatic carbocycles. The summed E-state index contributed by atoms with van der Waals surface area (Å²) < 4.78 is 5.39. The number of rotatable bonds is 5. The summed E-state index contributed by atoms with van der Waals surface area (Å²) in [6.07, 6.45) is 2.54. The lowest BCUT2D eigenvalue weighted by Gasteiger charge is -2.10. The fraction of sp³-hybridized carbons (Fsp3) is 0.455. The van der Waals surface area contributed by atoms with Crippen LogP contribution >= 0.6 is 0 Å². The highest BCUT2D eigenvalue weighted by Gasteiger charge is 1.98. The minimum absolute atomic E-state index is 0.623. The van der Waals surface area contributed by atoms with Gasteiger partial charge < -0.3 is 9.64 Å². The van der Waals surface area contributed by atoms with Crippen LogP contribution in [0.25, 0.3) is 0 Å². The first-order chi connectivity index (χ1) is 6.72. The van der Waals surface area contributed by atoms with E-state index in [1.807, 2.05) is 26.2 Å². The second kappa shape index (κ2) is 5.60. The standard InChI is InChI=1S/C11H17N2O/c1-4-7-14-11-8-10(5-6-12-11)9-13(2)3/h5-6,8H,1,4,7,9H2,2-3H3. The minimum atomic E-state index is 0.623. The highest BCUT2D eigenvalue weighted by atomic mass is 16.5. The van der Waals surface area contributed by atoms with Gasteiger partial charge in [0.05, 0.1) is 6.61 Å². The van der Waals surface area contributed by atoms with E-state index < -0.39 is 0 Å². The van der Waals surface area contributed by atoms with E-state index in [1.54, 1.807) is 6.20 Å². The average molecular weight is 193 g/mol. The van der Waals surface area contributed by atoms with Crippen molar-refractivity contribution in [3.63, 3.8) is 0 Å². The highest BCUT2D eigenvalue weighted by molar-refractivity contribution is 5.20. The molecule has 1 aromatic rings. The maximum Gasteiger partial charge on any atom is 0.213 e. The number of hydrogen-bond acceptors (Lipinski definition) is 3. The second-order valence-electron chi connectivity index (χ2n) is 3.44. The third kappa shape index (κ3) is 3.75. The number of aromatic nitrogens is 1. The van der Waals surface area contributed by atoms with Gasteiger partial charge >= 0.3 is 0 Å². The summed E-state index contributed by atoms with van der Waals surface area (Å²) in [6.45, 7) is 5.24. The van der Waals surface area contributed by atoms with Crippen LogP contribution in [0.4, 0.5) is 0 Å². The SMILES string of the molecule is [CH2]CCOc1cc(CN(C)C)ccn1. The topological polar surface area (TPSA) is 25.4 Å². The van der Waals surface area contributed by atoms with Gasteiger partial charge in [-0.05, 0) is 39.1 Å². The molecule has 3 nitrogen and oxygen atoms in total. The molecule has 14 heavy (non-hydrogen) atoms. The van der Waals surface area contributed by atoms with E-state index in [4.69, 9.17) is 4.74 Å². The molecule has 0 spiro atoms. The van der Waals surface area contributed by atoms with Crippen molar-refractivity contribution in [2.75, 3.05) is 20.7 Å². The molecule has 1 radical (unpaired) electrons. The van der Waals surface area contributed by atoms with Crippen LogP contribution in [0.5, 0.6) is 5.88 Å². The zero-order chi connectivity index (χ0) is 10.4. The van der Waals surface area contributed by atoms with Crippen molar-refractivity contribution < 1.29 is 4.74 Å². The van der Waals surface area contributed by atoms with Crippen molar-refractivity contribution in [2.24, 2.45) is 0 Å². The zero-order valence-corrected chi connectivity index (χ0v) is 8.86. The van der Waals surface area contributed by atoms with Crippen LogP contribution in [-0.2, 0) is 6.54 Å². The first-order valence-corrected chi connectivity index (χ1v) is 4.74. The molecule has 0 aliphatic carbocycles. The van der Waals surface area contributed by atoms with Crippen molar-refractivity contribution in [1.29, 1.82) is 0 Å². The van der Waals surface area contributed by atoms with Crippen LogP contribution in [0.3, 0.4) is 0 Å². The highest BCUT2D eigenvalue weighted by Crippen LogP contribution is 2.10. The quantitative estimate of drug-likeness (QED) is 0.712. The molecule has 0 amide bonds. The van der Waals surface area contributed by atoms with Crippen LogP contribution in [0.2, 0.25) is 0 Å². The second-order valence-corrected chi connectivity index (χ2v) is 3.44. The van der Waals surface area contributed by atoms with Crippen LogP contribution in [0.1, 0.15) is 12.0 Å². The summed E-state index contributed by atoms with van der Waals surface area (Å²) in [5, 5.41) is 0. The van der Waals surface area contributed by atoms with Gasteiger partial charge in [-0.3, -0.25) is 0 Å². The summed E-state index contributed by atoms with van der Waals surface area (Å²) in [6, 6.07) is 3.96. The number of nitrogens with zero attached hydrogens (tertiary/aromatic N) is 2. The van der Waals surface area contributed by atoms with E-state index in [9.17, 15) is 0 Å². The molecular formula is C11H17N2O. The number of pyridine rings is 1. The Balaban J connectivity index is 2.59. The molecule has 0 saturated heterocycles. The molecule has 0 saturated carbocycles. The molecule has 0 unspecified atom stereocenters. The van der Waals surface area contributed by atoms with Gasteiger partial charge in [-0.15, -0.1) is 0 Å². The Morgan fingerprint density at radius 3 is 2.93 bits per heavy atom. The minimum Gasteiger partial charge on any atom is -0.478 e. The van der Waals surface area contributed by atoms with Gasteiger partial charge in [0, 0.05) is 18.8 Å². The van der Waals surface area contributed by atoms with Crippen LogP contribution in [-0.4, -0.2) is 30.6 Å². The van der Waals surface area contributed by atoms with E-state index in [0.29, 0.717) is 12.5 Å². The number of hydrogen-bond donors (Lipinski definition) is 0. The maximum absolute atomic E-state index is 5.39. The van der Waals surface area contributed by atoms with E-state index >= 15 is 0 Å². The molecule has 1 aromatic heterocycles. The molecule has 77 valence electrons. The van der Waals surface area contributed by atoms with Crippen molar-refractivity contribution in [2.45, 2.75) is 13.0 Å². The smallest absolute Gasteiger partial charge is 0.213 e. The van der Waals surface area contributed by atoms with Crippen molar-refractivity contribution in [3.05, 3.63) is 30.8 Å². The van der Waals surface area contributed by atoms with E-state index in [0.717, 1.165) is 13.0 Å². The third-order valence-corrected chi connectivity index (χ3v) is 1.69. The van der Waals surface area contributed by atoms with Crippen molar-refractivity contribution in [3.8, 4) is 5.88 Å². The van der Waals surface area contributed by atoms with Crippen LogP contribution in [0.15, 0.2) is 18.3 Å². The Kier molecular flexibility index (Phi) is 4.40. The lowest BCUT2D eigenvalue weighted by molar-refractivity contribution is 0.310. The Bertz CT molecular complexity index is 274. The molecule has 0 fully saturated rings. The lowest BCUT2D eigenvalue weighted by Crippen LogP contribution is -2.10. The van der Waals surface area contributed by atoms with Crippen molar-refractivity contribution >= 4 is 0 Å². The summed E-state index contributed by atoms with van der Waals surface area (Å²) >= 11 is 0. The van der Waals surface area contributed by atoms with Gasteiger partial charge in [0.1, 0.15) is 0 Å². The van der Waals surface area contributed by atoms with Gasteiger partial charge in [-0.2, -0.15) is 0 Å². The van der Waals surface area contributed by atoms with Gasteiger partial charge in [0.2, 0.25) is 5.88 Å². The first-order valence-electron chi connectivity index (χ1n) is 4.74. The fourth-order valence-corrected chi connectivity index (χ4v) is 1.17. The Labute approximate surface area is 85.7 Å². The summed E-state index contributed by atoms with van der Waals surface area (Å²) in [5.41, 5.74) is 1.21. The Morgan fingerprint density at radius 1 is 1.50 bits per heavy atom. The summed E-state index contributed by atoms with van der Waals surface area (Å²) in [4.78, 5) is 6.23. The Hall–Kier alpha value is -1.09. The Morgan fingerprint density at radius 2 is 2.29 bits per heavy atom. The van der Waals surface area contributed by atoms with Gasteiger partial charge in [0.25, 0.3) is 0 Å². The maximum atomic E-state index is 5.39. The molecule has 1 heterocycles. The molecule has 0 bridgehead atoms. The van der Waals surface area contributed by atoms with Crippen LogP contribution in [0, 0.1) is 6.92 Å². The van der Waals surface area contributed by atoms with Crippen molar-refractivity contribution in [1.82, 2.24) is 9.88 Å². The largest absolute Gasteiger partial charge is 0.478 e. The lowest BCUT2D eigenvalue weighted by atomic mass is 10.2.